The van der Waals surface area contributed by atoms with E-state index in [-0.39, 0.29) is 6.04 Å². The second-order valence-corrected chi connectivity index (χ2v) is 6.04. The number of benzene rings is 1. The van der Waals surface area contributed by atoms with Gasteiger partial charge in [-0.25, -0.2) is 0 Å². The maximum atomic E-state index is 5.92. The van der Waals surface area contributed by atoms with Crippen molar-refractivity contribution in [1.82, 2.24) is 0 Å². The molecule has 1 aromatic carbocycles. The van der Waals surface area contributed by atoms with Crippen molar-refractivity contribution in [1.29, 1.82) is 0 Å². The molecule has 0 radical (unpaired) electrons. The molecule has 0 amide bonds. The Hall–Kier alpha value is -0.540. The average Bonchev–Trinajstić information content (AvgIpc) is 3.10. The van der Waals surface area contributed by atoms with E-state index < -0.39 is 0 Å². The van der Waals surface area contributed by atoms with Crippen LogP contribution in [0.1, 0.15) is 38.3 Å². The Morgan fingerprint density at radius 2 is 2.00 bits per heavy atom. The second kappa shape index (κ2) is 4.99. The highest BCUT2D eigenvalue weighted by atomic mass is 79.9. The fourth-order valence-corrected chi connectivity index (χ4v) is 2.96. The van der Waals surface area contributed by atoms with Crippen molar-refractivity contribution in [2.45, 2.75) is 38.8 Å². The summed E-state index contributed by atoms with van der Waals surface area (Å²) in [6.07, 6.45) is 2.76. The van der Waals surface area contributed by atoms with Gasteiger partial charge in [-0.1, -0.05) is 22.0 Å². The topological polar surface area (TPSA) is 29.3 Å². The fraction of sp³-hybridized carbons (Fsp3) is 0.571. The number of halogens is 1. The summed E-state index contributed by atoms with van der Waals surface area (Å²) in [5.41, 5.74) is 8.35. The van der Waals surface area contributed by atoms with E-state index in [4.69, 9.17) is 5.73 Å². The number of nitrogens with two attached hydrogens (primary N) is 1. The lowest BCUT2D eigenvalue weighted by atomic mass is 10.1. The summed E-state index contributed by atoms with van der Waals surface area (Å²) in [7, 11) is 2.18. The Bertz CT molecular complexity index is 399. The molecular weight excluding hydrogens is 276 g/mol. The predicted octanol–water partition coefficient (Wildman–Crippen LogP) is 3.70. The fourth-order valence-electron chi connectivity index (χ4n) is 2.23. The Morgan fingerprint density at radius 1 is 1.35 bits per heavy atom. The van der Waals surface area contributed by atoms with E-state index in [0.717, 1.165) is 10.4 Å². The van der Waals surface area contributed by atoms with E-state index in [2.05, 4.69) is 53.0 Å². The van der Waals surface area contributed by atoms with Crippen LogP contribution in [0, 0.1) is 5.92 Å². The first-order valence-electron chi connectivity index (χ1n) is 6.28. The lowest BCUT2D eigenvalue weighted by Gasteiger charge is -2.27. The summed E-state index contributed by atoms with van der Waals surface area (Å²) in [6, 6.07) is 7.17. The molecule has 1 aliphatic carbocycles. The molecule has 1 aromatic rings. The number of rotatable bonds is 4. The minimum Gasteiger partial charge on any atom is -0.372 e. The summed E-state index contributed by atoms with van der Waals surface area (Å²) < 4.78 is 1.11. The van der Waals surface area contributed by atoms with Gasteiger partial charge in [0.2, 0.25) is 0 Å². The maximum absolute atomic E-state index is 5.92. The molecule has 2 N–H and O–H groups in total. The van der Waals surface area contributed by atoms with Crippen LogP contribution >= 0.6 is 15.9 Å². The van der Waals surface area contributed by atoms with Crippen LogP contribution in [0.3, 0.4) is 0 Å². The Morgan fingerprint density at radius 3 is 2.47 bits per heavy atom. The second-order valence-electron chi connectivity index (χ2n) is 5.18. The molecule has 1 aliphatic rings. The van der Waals surface area contributed by atoms with Gasteiger partial charge in [0.1, 0.15) is 0 Å². The first-order valence-corrected chi connectivity index (χ1v) is 7.08. The van der Waals surface area contributed by atoms with Crippen molar-refractivity contribution in [2.75, 3.05) is 11.9 Å². The van der Waals surface area contributed by atoms with Gasteiger partial charge in [0, 0.05) is 29.3 Å². The minimum atomic E-state index is 0.0737. The van der Waals surface area contributed by atoms with Gasteiger partial charge >= 0.3 is 0 Å². The van der Waals surface area contributed by atoms with Crippen LogP contribution in [0.4, 0.5) is 5.69 Å². The van der Waals surface area contributed by atoms with Crippen molar-refractivity contribution < 1.29 is 0 Å². The van der Waals surface area contributed by atoms with Crippen LogP contribution in [0.2, 0.25) is 0 Å². The van der Waals surface area contributed by atoms with Gasteiger partial charge in [0.15, 0.2) is 0 Å². The van der Waals surface area contributed by atoms with Crippen LogP contribution in [-0.2, 0) is 0 Å². The van der Waals surface area contributed by atoms with E-state index in [1.807, 2.05) is 6.92 Å². The number of anilines is 1. The molecule has 1 fully saturated rings. The molecule has 2 atom stereocenters. The summed E-state index contributed by atoms with van der Waals surface area (Å²) in [4.78, 5) is 2.37. The van der Waals surface area contributed by atoms with Crippen molar-refractivity contribution in [2.24, 2.45) is 11.7 Å². The normalized spacial score (nSPS) is 18.9. The molecule has 0 saturated heterocycles. The monoisotopic (exact) mass is 296 g/mol. The molecule has 17 heavy (non-hydrogen) atoms. The standard InChI is InChI=1S/C14H21BrN2/c1-9(16)13-7-6-12(8-14(13)15)17(3)10(2)11-4-5-11/h6-11H,4-5,16H2,1-3H3. The zero-order chi connectivity index (χ0) is 12.6. The number of hydrogen-bond acceptors (Lipinski definition) is 2. The number of nitrogens with zero attached hydrogens (tertiary/aromatic N) is 1. The van der Waals surface area contributed by atoms with Crippen LogP contribution in [-0.4, -0.2) is 13.1 Å². The van der Waals surface area contributed by atoms with E-state index >= 15 is 0 Å². The number of hydrogen-bond donors (Lipinski definition) is 1. The average molecular weight is 297 g/mol. The molecule has 0 aromatic heterocycles. The van der Waals surface area contributed by atoms with Gasteiger partial charge in [-0.2, -0.15) is 0 Å². The molecular formula is C14H21BrN2. The van der Waals surface area contributed by atoms with Crippen LogP contribution in [0.5, 0.6) is 0 Å². The van der Waals surface area contributed by atoms with Crippen LogP contribution < -0.4 is 10.6 Å². The minimum absolute atomic E-state index is 0.0737. The summed E-state index contributed by atoms with van der Waals surface area (Å²) in [6.45, 7) is 4.32. The van der Waals surface area contributed by atoms with E-state index in [1.165, 1.54) is 24.1 Å². The van der Waals surface area contributed by atoms with Gasteiger partial charge in [-0.05, 0) is 50.3 Å². The summed E-state index contributed by atoms with van der Waals surface area (Å²) in [5, 5.41) is 0. The Balaban J connectivity index is 2.18. The lowest BCUT2D eigenvalue weighted by molar-refractivity contribution is 0.609. The highest BCUT2D eigenvalue weighted by Gasteiger charge is 2.30. The Labute approximate surface area is 112 Å². The maximum Gasteiger partial charge on any atom is 0.0377 e. The lowest BCUT2D eigenvalue weighted by Crippen LogP contribution is -2.30. The van der Waals surface area contributed by atoms with E-state index in [1.54, 1.807) is 0 Å². The molecule has 0 bridgehead atoms. The molecule has 1 saturated carbocycles. The van der Waals surface area contributed by atoms with Gasteiger partial charge in [-0.3, -0.25) is 0 Å². The van der Waals surface area contributed by atoms with Crippen molar-refractivity contribution in [3.63, 3.8) is 0 Å². The van der Waals surface area contributed by atoms with Gasteiger partial charge in [0.25, 0.3) is 0 Å². The van der Waals surface area contributed by atoms with E-state index in [0.29, 0.717) is 6.04 Å². The largest absolute Gasteiger partial charge is 0.372 e. The van der Waals surface area contributed by atoms with Crippen molar-refractivity contribution in [3.05, 3.63) is 28.2 Å². The van der Waals surface area contributed by atoms with Crippen molar-refractivity contribution >= 4 is 21.6 Å². The first-order chi connectivity index (χ1) is 8.00. The molecule has 94 valence electrons. The molecule has 3 heteroatoms. The van der Waals surface area contributed by atoms with E-state index in [9.17, 15) is 0 Å². The van der Waals surface area contributed by atoms with Crippen LogP contribution in [0.15, 0.2) is 22.7 Å². The van der Waals surface area contributed by atoms with Crippen molar-refractivity contribution in [3.8, 4) is 0 Å². The third-order valence-corrected chi connectivity index (χ3v) is 4.48. The zero-order valence-electron chi connectivity index (χ0n) is 10.8. The Kier molecular flexibility index (Phi) is 3.79. The summed E-state index contributed by atoms with van der Waals surface area (Å²) >= 11 is 3.61. The predicted molar refractivity (Wildman–Crippen MR) is 77.3 cm³/mol. The third-order valence-electron chi connectivity index (χ3n) is 3.80. The zero-order valence-corrected chi connectivity index (χ0v) is 12.4. The molecule has 2 nitrogen and oxygen atoms in total. The first kappa shape index (κ1) is 12.9. The molecule has 2 rings (SSSR count). The highest BCUT2D eigenvalue weighted by Crippen LogP contribution is 2.37. The molecule has 0 spiro atoms. The molecule has 2 unspecified atom stereocenters. The highest BCUT2D eigenvalue weighted by molar-refractivity contribution is 9.10. The van der Waals surface area contributed by atoms with Gasteiger partial charge < -0.3 is 10.6 Å². The van der Waals surface area contributed by atoms with Gasteiger partial charge in [-0.15, -0.1) is 0 Å². The summed E-state index contributed by atoms with van der Waals surface area (Å²) in [5.74, 6) is 0.881. The molecule has 0 heterocycles. The molecule has 0 aliphatic heterocycles. The van der Waals surface area contributed by atoms with Gasteiger partial charge in [0.05, 0.1) is 0 Å². The third kappa shape index (κ3) is 2.83. The quantitative estimate of drug-likeness (QED) is 0.918. The SMILES string of the molecule is CC(N)c1ccc(N(C)C(C)C2CC2)cc1Br. The van der Waals surface area contributed by atoms with Crippen LogP contribution in [0.25, 0.3) is 0 Å². The smallest absolute Gasteiger partial charge is 0.0377 e.